The van der Waals surface area contributed by atoms with Gasteiger partial charge in [0.1, 0.15) is 5.75 Å². The molecule has 1 atom stereocenters. The number of benzene rings is 1. The SMILES string of the molecule is CC(Cc1ccc(O)cc1)NCC(C)(C)NS(C)(=O)=O. The third-order valence-corrected chi connectivity index (χ3v) is 3.76. The smallest absolute Gasteiger partial charge is 0.209 e. The second-order valence-corrected chi connectivity index (χ2v) is 7.66. The first kappa shape index (κ1) is 16.9. The lowest BCUT2D eigenvalue weighted by Gasteiger charge is -2.27. The molecule has 114 valence electrons. The van der Waals surface area contributed by atoms with E-state index < -0.39 is 15.6 Å². The van der Waals surface area contributed by atoms with Crippen LogP contribution in [0.3, 0.4) is 0 Å². The van der Waals surface area contributed by atoms with Gasteiger partial charge in [-0.3, -0.25) is 0 Å². The van der Waals surface area contributed by atoms with Crippen LogP contribution in [0, 0.1) is 0 Å². The van der Waals surface area contributed by atoms with Crippen molar-refractivity contribution in [2.45, 2.75) is 38.8 Å². The standard InChI is InChI=1S/C14H24N2O3S/c1-11(9-12-5-7-13(17)8-6-12)15-10-14(2,3)16-20(4,18)19/h5-8,11,15-17H,9-10H2,1-4H3. The second-order valence-electron chi connectivity index (χ2n) is 5.91. The molecule has 20 heavy (non-hydrogen) atoms. The van der Waals surface area contributed by atoms with Gasteiger partial charge in [0.25, 0.3) is 0 Å². The molecule has 0 saturated carbocycles. The quantitative estimate of drug-likeness (QED) is 0.708. The molecule has 0 aromatic heterocycles. The van der Waals surface area contributed by atoms with Crippen LogP contribution < -0.4 is 10.0 Å². The molecule has 0 bridgehead atoms. The average molecular weight is 300 g/mol. The molecule has 0 spiro atoms. The van der Waals surface area contributed by atoms with Gasteiger partial charge in [0.2, 0.25) is 10.0 Å². The van der Waals surface area contributed by atoms with E-state index in [1.807, 2.05) is 32.9 Å². The third-order valence-electron chi connectivity index (χ3n) is 2.83. The number of nitrogens with one attached hydrogen (secondary N) is 2. The number of rotatable bonds is 7. The van der Waals surface area contributed by atoms with Crippen molar-refractivity contribution in [2.24, 2.45) is 0 Å². The predicted molar refractivity (Wildman–Crippen MR) is 81.3 cm³/mol. The Balaban J connectivity index is 2.46. The lowest BCUT2D eigenvalue weighted by Crippen LogP contribution is -2.51. The zero-order chi connectivity index (χ0) is 15.4. The van der Waals surface area contributed by atoms with Crippen molar-refractivity contribution >= 4 is 10.0 Å². The Hall–Kier alpha value is -1.11. The fraction of sp³-hybridized carbons (Fsp3) is 0.571. The number of aromatic hydroxyl groups is 1. The first-order chi connectivity index (χ1) is 9.07. The molecule has 0 aliphatic rings. The number of phenolic OH excluding ortho intramolecular Hbond substituents is 1. The van der Waals surface area contributed by atoms with Gasteiger partial charge in [-0.05, 0) is 44.9 Å². The summed E-state index contributed by atoms with van der Waals surface area (Å²) < 4.78 is 25.1. The first-order valence-electron chi connectivity index (χ1n) is 6.58. The van der Waals surface area contributed by atoms with E-state index in [0.717, 1.165) is 18.2 Å². The van der Waals surface area contributed by atoms with Crippen LogP contribution in [0.5, 0.6) is 5.75 Å². The number of phenols is 1. The van der Waals surface area contributed by atoms with E-state index in [4.69, 9.17) is 0 Å². The lowest BCUT2D eigenvalue weighted by molar-refractivity contribution is 0.394. The van der Waals surface area contributed by atoms with E-state index in [1.54, 1.807) is 12.1 Å². The molecule has 5 nitrogen and oxygen atoms in total. The summed E-state index contributed by atoms with van der Waals surface area (Å²) in [6, 6.07) is 7.30. The molecule has 0 fully saturated rings. The summed E-state index contributed by atoms with van der Waals surface area (Å²) >= 11 is 0. The highest BCUT2D eigenvalue weighted by Crippen LogP contribution is 2.11. The Bertz CT molecular complexity index is 524. The average Bonchev–Trinajstić information content (AvgIpc) is 2.27. The molecular weight excluding hydrogens is 276 g/mol. The van der Waals surface area contributed by atoms with Crippen LogP contribution in [0.2, 0.25) is 0 Å². The zero-order valence-corrected chi connectivity index (χ0v) is 13.3. The molecule has 3 N–H and O–H groups in total. The van der Waals surface area contributed by atoms with E-state index in [-0.39, 0.29) is 11.8 Å². The number of hydrogen-bond donors (Lipinski definition) is 3. The van der Waals surface area contributed by atoms with Crippen molar-refractivity contribution in [1.29, 1.82) is 0 Å². The Morgan fingerprint density at radius 3 is 2.30 bits per heavy atom. The van der Waals surface area contributed by atoms with E-state index in [9.17, 15) is 13.5 Å². The summed E-state index contributed by atoms with van der Waals surface area (Å²) in [5, 5.41) is 12.5. The van der Waals surface area contributed by atoms with Gasteiger partial charge >= 0.3 is 0 Å². The molecule has 0 amide bonds. The highest BCUT2D eigenvalue weighted by molar-refractivity contribution is 7.88. The van der Waals surface area contributed by atoms with E-state index in [1.165, 1.54) is 0 Å². The summed E-state index contributed by atoms with van der Waals surface area (Å²) in [7, 11) is -3.21. The van der Waals surface area contributed by atoms with Gasteiger partial charge in [0, 0.05) is 18.1 Å². The highest BCUT2D eigenvalue weighted by atomic mass is 32.2. The Kier molecular flexibility index (Phi) is 5.56. The fourth-order valence-corrected chi connectivity index (χ4v) is 3.10. The minimum absolute atomic E-state index is 0.208. The summed E-state index contributed by atoms with van der Waals surface area (Å²) in [5.41, 5.74) is 0.591. The van der Waals surface area contributed by atoms with Crippen LogP contribution in [0.1, 0.15) is 26.3 Å². The van der Waals surface area contributed by atoms with Crippen molar-refractivity contribution in [3.8, 4) is 5.75 Å². The monoisotopic (exact) mass is 300 g/mol. The first-order valence-corrected chi connectivity index (χ1v) is 8.47. The number of hydrogen-bond acceptors (Lipinski definition) is 4. The van der Waals surface area contributed by atoms with Gasteiger partial charge in [-0.25, -0.2) is 13.1 Å². The van der Waals surface area contributed by atoms with Crippen molar-refractivity contribution in [3.63, 3.8) is 0 Å². The van der Waals surface area contributed by atoms with Crippen molar-refractivity contribution in [2.75, 3.05) is 12.8 Å². The van der Waals surface area contributed by atoms with Crippen LogP contribution in [0.15, 0.2) is 24.3 Å². The fourth-order valence-electron chi connectivity index (χ4n) is 2.03. The Morgan fingerprint density at radius 2 is 1.80 bits per heavy atom. The summed E-state index contributed by atoms with van der Waals surface area (Å²) in [5.74, 6) is 0.257. The van der Waals surface area contributed by atoms with Crippen LogP contribution in [-0.2, 0) is 16.4 Å². The van der Waals surface area contributed by atoms with Gasteiger partial charge in [-0.1, -0.05) is 12.1 Å². The van der Waals surface area contributed by atoms with Gasteiger partial charge in [0.15, 0.2) is 0 Å². The molecule has 0 aliphatic heterocycles. The molecule has 1 unspecified atom stereocenters. The maximum absolute atomic E-state index is 11.3. The van der Waals surface area contributed by atoms with Crippen molar-refractivity contribution < 1.29 is 13.5 Å². The molecular formula is C14H24N2O3S. The van der Waals surface area contributed by atoms with E-state index in [2.05, 4.69) is 10.0 Å². The maximum Gasteiger partial charge on any atom is 0.209 e. The summed E-state index contributed by atoms with van der Waals surface area (Å²) in [4.78, 5) is 0. The minimum atomic E-state index is -3.21. The number of sulfonamides is 1. The van der Waals surface area contributed by atoms with Crippen LogP contribution in [0.4, 0.5) is 0 Å². The maximum atomic E-state index is 11.3. The van der Waals surface area contributed by atoms with Crippen molar-refractivity contribution in [3.05, 3.63) is 29.8 Å². The largest absolute Gasteiger partial charge is 0.508 e. The van der Waals surface area contributed by atoms with E-state index >= 15 is 0 Å². The van der Waals surface area contributed by atoms with Crippen LogP contribution >= 0.6 is 0 Å². The van der Waals surface area contributed by atoms with Crippen LogP contribution in [-0.4, -0.2) is 37.9 Å². The predicted octanol–water partition coefficient (Wildman–Crippen LogP) is 1.24. The normalized spacial score (nSPS) is 14.2. The van der Waals surface area contributed by atoms with Gasteiger partial charge in [-0.15, -0.1) is 0 Å². The third kappa shape index (κ3) is 6.88. The molecule has 1 rings (SSSR count). The lowest BCUT2D eigenvalue weighted by atomic mass is 10.0. The molecule has 0 heterocycles. The second kappa shape index (κ2) is 6.56. The summed E-state index contributed by atoms with van der Waals surface area (Å²) in [6.07, 6.45) is 1.98. The molecule has 6 heteroatoms. The molecule has 1 aromatic carbocycles. The molecule has 0 saturated heterocycles. The van der Waals surface area contributed by atoms with Gasteiger partial charge < -0.3 is 10.4 Å². The zero-order valence-electron chi connectivity index (χ0n) is 12.5. The topological polar surface area (TPSA) is 78.4 Å². The van der Waals surface area contributed by atoms with Gasteiger partial charge in [-0.2, -0.15) is 0 Å². The van der Waals surface area contributed by atoms with Crippen molar-refractivity contribution in [1.82, 2.24) is 10.0 Å². The van der Waals surface area contributed by atoms with Gasteiger partial charge in [0.05, 0.1) is 6.26 Å². The molecule has 1 aromatic rings. The van der Waals surface area contributed by atoms with Crippen LogP contribution in [0.25, 0.3) is 0 Å². The molecule has 0 radical (unpaired) electrons. The summed E-state index contributed by atoms with van der Waals surface area (Å²) in [6.45, 7) is 6.27. The van der Waals surface area contributed by atoms with E-state index in [0.29, 0.717) is 6.54 Å². The Labute approximate surface area is 121 Å². The Morgan fingerprint density at radius 1 is 1.25 bits per heavy atom. The molecule has 0 aliphatic carbocycles. The highest BCUT2D eigenvalue weighted by Gasteiger charge is 2.22. The minimum Gasteiger partial charge on any atom is -0.508 e.